The number of carbonyl (C=O) groups excluding carboxylic acids is 1. The van der Waals surface area contributed by atoms with Crippen molar-refractivity contribution < 1.29 is 4.79 Å². The third-order valence-corrected chi connectivity index (χ3v) is 5.37. The van der Waals surface area contributed by atoms with Crippen LogP contribution in [0.5, 0.6) is 0 Å². The summed E-state index contributed by atoms with van der Waals surface area (Å²) >= 11 is 0. The Morgan fingerprint density at radius 1 is 1.06 bits per heavy atom. The third-order valence-electron chi connectivity index (χ3n) is 5.37. The summed E-state index contributed by atoms with van der Waals surface area (Å²) in [7, 11) is 0. The summed E-state index contributed by atoms with van der Waals surface area (Å²) in [6.07, 6.45) is 5.26. The lowest BCUT2D eigenvalue weighted by Crippen LogP contribution is -2.52. The Bertz CT molecular complexity index is 1050. The molecule has 2 aromatic heterocycles. The van der Waals surface area contributed by atoms with Crippen molar-refractivity contribution in [2.45, 2.75) is 20.0 Å². The Kier molecular flexibility index (Phi) is 9.68. The van der Waals surface area contributed by atoms with E-state index in [0.29, 0.717) is 6.54 Å². The molecule has 4 rings (SSSR count). The quantitative estimate of drug-likeness (QED) is 0.256. The van der Waals surface area contributed by atoms with Crippen molar-refractivity contribution in [3.8, 4) is 0 Å². The van der Waals surface area contributed by atoms with Gasteiger partial charge in [-0.15, -0.1) is 24.0 Å². The molecule has 0 spiro atoms. The summed E-state index contributed by atoms with van der Waals surface area (Å²) in [5, 5.41) is 10.4. The molecule has 9 nitrogen and oxygen atoms in total. The van der Waals surface area contributed by atoms with Crippen LogP contribution in [0.3, 0.4) is 0 Å². The number of benzene rings is 1. The van der Waals surface area contributed by atoms with Gasteiger partial charge in [-0.05, 0) is 42.8 Å². The zero-order valence-electron chi connectivity index (χ0n) is 19.3. The summed E-state index contributed by atoms with van der Waals surface area (Å²) in [4.78, 5) is 26.2. The van der Waals surface area contributed by atoms with E-state index >= 15 is 0 Å². The highest BCUT2D eigenvalue weighted by Gasteiger charge is 2.20. The second-order valence-corrected chi connectivity index (χ2v) is 7.78. The largest absolute Gasteiger partial charge is 0.357 e. The van der Waals surface area contributed by atoms with Crippen LogP contribution in [0, 0.1) is 0 Å². The number of pyridine rings is 1. The molecule has 1 aliphatic rings. The molecule has 0 aliphatic carbocycles. The van der Waals surface area contributed by atoms with Crippen molar-refractivity contribution >= 4 is 47.3 Å². The molecule has 180 valence electrons. The van der Waals surface area contributed by atoms with Gasteiger partial charge in [-0.2, -0.15) is 5.10 Å². The van der Waals surface area contributed by atoms with Crippen LogP contribution in [0.25, 0.3) is 0 Å². The molecule has 3 aromatic rings. The van der Waals surface area contributed by atoms with E-state index in [0.717, 1.165) is 55.8 Å². The number of nitrogens with zero attached hydrogens (tertiary/aromatic N) is 6. The van der Waals surface area contributed by atoms with E-state index in [1.165, 1.54) is 0 Å². The molecule has 1 aliphatic heterocycles. The lowest BCUT2D eigenvalue weighted by Gasteiger charge is -2.37. The van der Waals surface area contributed by atoms with Gasteiger partial charge in [-0.3, -0.25) is 9.48 Å². The van der Waals surface area contributed by atoms with Gasteiger partial charge in [0.1, 0.15) is 12.4 Å². The predicted octanol–water partition coefficient (Wildman–Crippen LogP) is 2.82. The Morgan fingerprint density at radius 2 is 1.91 bits per heavy atom. The molecule has 0 saturated carbocycles. The monoisotopic (exact) mass is 574 g/mol. The Labute approximate surface area is 217 Å². The fraction of sp³-hybridized carbons (Fsp3) is 0.333. The van der Waals surface area contributed by atoms with E-state index in [9.17, 15) is 4.79 Å². The number of piperazine rings is 1. The van der Waals surface area contributed by atoms with Crippen LogP contribution >= 0.6 is 24.0 Å². The molecule has 10 heteroatoms. The van der Waals surface area contributed by atoms with Crippen LogP contribution in [0.1, 0.15) is 12.5 Å². The minimum Gasteiger partial charge on any atom is -0.357 e. The normalized spacial score (nSPS) is 13.9. The highest BCUT2D eigenvalue weighted by Crippen LogP contribution is 2.14. The van der Waals surface area contributed by atoms with E-state index in [1.807, 2.05) is 42.6 Å². The summed E-state index contributed by atoms with van der Waals surface area (Å²) < 4.78 is 1.60. The number of hydrogen-bond donors (Lipinski definition) is 2. The first kappa shape index (κ1) is 25.5. The summed E-state index contributed by atoms with van der Waals surface area (Å²) in [5.41, 5.74) is 1.79. The van der Waals surface area contributed by atoms with Gasteiger partial charge in [0.2, 0.25) is 5.91 Å². The van der Waals surface area contributed by atoms with E-state index < -0.39 is 0 Å². The zero-order chi connectivity index (χ0) is 22.9. The second kappa shape index (κ2) is 12.9. The van der Waals surface area contributed by atoms with Crippen LogP contribution < -0.4 is 15.5 Å². The zero-order valence-corrected chi connectivity index (χ0v) is 21.6. The molecule has 1 amide bonds. The number of aromatic nitrogens is 3. The maximum absolute atomic E-state index is 12.3. The first-order chi connectivity index (χ1) is 16.2. The highest BCUT2D eigenvalue weighted by atomic mass is 127. The van der Waals surface area contributed by atoms with E-state index in [4.69, 9.17) is 4.99 Å². The topological polar surface area (TPSA) is 90.7 Å². The Morgan fingerprint density at radius 3 is 2.62 bits per heavy atom. The van der Waals surface area contributed by atoms with Crippen LogP contribution in [0.4, 0.5) is 11.5 Å². The SMILES string of the molecule is CCNC(=NCc1cccc(NC(=O)Cn2cccn2)c1)N1CCN(c2ccccn2)CC1.I. The number of rotatable bonds is 7. The molecular formula is C24H31IN8O. The number of halogens is 1. The van der Waals surface area contributed by atoms with E-state index in [-0.39, 0.29) is 36.4 Å². The van der Waals surface area contributed by atoms with Crippen molar-refractivity contribution in [3.63, 3.8) is 0 Å². The molecule has 0 atom stereocenters. The molecule has 1 saturated heterocycles. The van der Waals surface area contributed by atoms with E-state index in [2.05, 4.69) is 43.5 Å². The first-order valence-corrected chi connectivity index (χ1v) is 11.3. The number of nitrogens with one attached hydrogen (secondary N) is 2. The van der Waals surface area contributed by atoms with Gasteiger partial charge in [0.05, 0.1) is 6.54 Å². The average Bonchev–Trinajstić information content (AvgIpc) is 3.35. The van der Waals surface area contributed by atoms with Gasteiger partial charge >= 0.3 is 0 Å². The highest BCUT2D eigenvalue weighted by molar-refractivity contribution is 14.0. The smallest absolute Gasteiger partial charge is 0.246 e. The predicted molar refractivity (Wildman–Crippen MR) is 146 cm³/mol. The van der Waals surface area contributed by atoms with E-state index in [1.54, 1.807) is 23.1 Å². The number of anilines is 2. The molecule has 0 radical (unpaired) electrons. The van der Waals surface area contributed by atoms with Crippen LogP contribution in [0.2, 0.25) is 0 Å². The third kappa shape index (κ3) is 7.17. The van der Waals surface area contributed by atoms with Gasteiger partial charge in [0.15, 0.2) is 5.96 Å². The number of hydrogen-bond acceptors (Lipinski definition) is 5. The molecular weight excluding hydrogens is 543 g/mol. The standard InChI is InChI=1S/C24H30N8O.HI/c1-2-25-24(31-15-13-30(14-16-31)22-9-3-4-10-26-22)27-18-20-7-5-8-21(17-20)29-23(33)19-32-12-6-11-28-32;/h3-12,17H,2,13-16,18-19H2,1H3,(H,25,27)(H,29,33);1H. The van der Waals surface area contributed by atoms with Crippen molar-refractivity contribution in [2.24, 2.45) is 4.99 Å². The minimum absolute atomic E-state index is 0. The van der Waals surface area contributed by atoms with Crippen molar-refractivity contribution in [2.75, 3.05) is 42.9 Å². The molecule has 34 heavy (non-hydrogen) atoms. The molecule has 2 N–H and O–H groups in total. The molecule has 3 heterocycles. The number of aliphatic imine (C=N–C) groups is 1. The fourth-order valence-electron chi connectivity index (χ4n) is 3.77. The van der Waals surface area contributed by atoms with Gasteiger partial charge in [0.25, 0.3) is 0 Å². The minimum atomic E-state index is -0.113. The average molecular weight is 574 g/mol. The van der Waals surface area contributed by atoms with Crippen LogP contribution in [-0.2, 0) is 17.9 Å². The summed E-state index contributed by atoms with van der Waals surface area (Å²) in [6, 6.07) is 15.6. The number of amides is 1. The van der Waals surface area contributed by atoms with Crippen molar-refractivity contribution in [3.05, 3.63) is 72.7 Å². The van der Waals surface area contributed by atoms with Crippen molar-refractivity contribution in [1.29, 1.82) is 0 Å². The number of carbonyl (C=O) groups is 1. The molecule has 0 unspecified atom stereocenters. The van der Waals surface area contributed by atoms with Gasteiger partial charge in [-0.25, -0.2) is 9.98 Å². The maximum atomic E-state index is 12.3. The van der Waals surface area contributed by atoms with Crippen LogP contribution in [0.15, 0.2) is 72.1 Å². The Hall–Kier alpha value is -3.15. The lowest BCUT2D eigenvalue weighted by atomic mass is 10.2. The van der Waals surface area contributed by atoms with Crippen LogP contribution in [-0.4, -0.2) is 64.3 Å². The lowest BCUT2D eigenvalue weighted by molar-refractivity contribution is -0.116. The second-order valence-electron chi connectivity index (χ2n) is 7.78. The van der Waals surface area contributed by atoms with Gasteiger partial charge < -0.3 is 20.4 Å². The Balaban J connectivity index is 0.00000324. The fourth-order valence-corrected chi connectivity index (χ4v) is 3.77. The van der Waals surface area contributed by atoms with Gasteiger partial charge in [-0.1, -0.05) is 18.2 Å². The number of guanidine groups is 1. The molecule has 0 bridgehead atoms. The molecule has 1 fully saturated rings. The van der Waals surface area contributed by atoms with Crippen molar-refractivity contribution in [1.82, 2.24) is 25.0 Å². The van der Waals surface area contributed by atoms with Gasteiger partial charge in [0, 0.05) is 57.0 Å². The first-order valence-electron chi connectivity index (χ1n) is 11.3. The molecule has 1 aromatic carbocycles. The summed E-state index contributed by atoms with van der Waals surface area (Å²) in [6.45, 7) is 7.17. The summed E-state index contributed by atoms with van der Waals surface area (Å²) in [5.74, 6) is 1.82. The maximum Gasteiger partial charge on any atom is 0.246 e.